The molecule has 0 aliphatic carbocycles. The average molecular weight is 590 g/mol. The van der Waals surface area contributed by atoms with E-state index in [4.69, 9.17) is 17.3 Å². The van der Waals surface area contributed by atoms with Crippen LogP contribution in [0.25, 0.3) is 27.6 Å². The summed E-state index contributed by atoms with van der Waals surface area (Å²) < 4.78 is 30.0. The highest BCUT2D eigenvalue weighted by atomic mass is 35.5. The van der Waals surface area contributed by atoms with Crippen molar-refractivity contribution < 1.29 is 8.42 Å². The van der Waals surface area contributed by atoms with Crippen molar-refractivity contribution in [3.05, 3.63) is 106 Å². The van der Waals surface area contributed by atoms with Crippen molar-refractivity contribution in [2.45, 2.75) is 13.0 Å². The lowest BCUT2D eigenvalue weighted by Crippen LogP contribution is -2.28. The van der Waals surface area contributed by atoms with Gasteiger partial charge in [0.25, 0.3) is 5.56 Å². The number of anilines is 3. The summed E-state index contributed by atoms with van der Waals surface area (Å²) in [4.78, 5) is 22.4. The Morgan fingerprint density at radius 1 is 1.00 bits per heavy atom. The van der Waals surface area contributed by atoms with Crippen molar-refractivity contribution >= 4 is 50.0 Å². The number of hydrogen-bond donors (Lipinski definition) is 3. The number of benzene rings is 3. The van der Waals surface area contributed by atoms with Crippen LogP contribution >= 0.6 is 11.6 Å². The smallest absolute Gasteiger partial charge is 0.301 e. The molecule has 10 nitrogen and oxygen atoms in total. The van der Waals surface area contributed by atoms with Crippen molar-refractivity contribution in [1.82, 2.24) is 18.8 Å². The first kappa shape index (κ1) is 28.1. The predicted octanol–water partition coefficient (Wildman–Crippen LogP) is 5.07. The Kier molecular flexibility index (Phi) is 7.68. The molecule has 1 atom stereocenters. The largest absolute Gasteiger partial charge is 0.368 e. The van der Waals surface area contributed by atoms with Gasteiger partial charge in [0.1, 0.15) is 5.82 Å². The van der Waals surface area contributed by atoms with E-state index in [0.29, 0.717) is 49.8 Å². The van der Waals surface area contributed by atoms with Crippen molar-refractivity contribution in [1.29, 1.82) is 0 Å². The van der Waals surface area contributed by atoms with E-state index >= 15 is 0 Å². The molecule has 0 saturated heterocycles. The number of rotatable bonds is 8. The van der Waals surface area contributed by atoms with Crippen molar-refractivity contribution in [3.8, 4) is 16.8 Å². The van der Waals surface area contributed by atoms with Crippen LogP contribution in [-0.2, 0) is 10.2 Å². The number of nitrogen functional groups attached to an aromatic ring is 1. The number of aromatic nitrogens is 3. The molecule has 0 aliphatic heterocycles. The zero-order valence-corrected chi connectivity index (χ0v) is 24.1. The van der Waals surface area contributed by atoms with E-state index in [9.17, 15) is 13.2 Å². The van der Waals surface area contributed by atoms with Gasteiger partial charge in [0.15, 0.2) is 0 Å². The first-order valence-corrected chi connectivity index (χ1v) is 14.5. The Morgan fingerprint density at radius 3 is 2.46 bits per heavy atom. The van der Waals surface area contributed by atoms with Gasteiger partial charge in [-0.3, -0.25) is 14.1 Å². The second kappa shape index (κ2) is 11.2. The Morgan fingerprint density at radius 2 is 1.73 bits per heavy atom. The molecule has 4 N–H and O–H groups in total. The summed E-state index contributed by atoms with van der Waals surface area (Å²) in [6.07, 6.45) is 1.57. The zero-order valence-electron chi connectivity index (χ0n) is 22.5. The van der Waals surface area contributed by atoms with Gasteiger partial charge in [-0.15, -0.1) is 0 Å². The molecule has 2 heterocycles. The third kappa shape index (κ3) is 5.73. The monoisotopic (exact) mass is 589 g/mol. The zero-order chi connectivity index (χ0) is 29.3. The van der Waals surface area contributed by atoms with Crippen LogP contribution < -0.4 is 21.3 Å². The van der Waals surface area contributed by atoms with Gasteiger partial charge in [-0.05, 0) is 54.3 Å². The Labute approximate surface area is 242 Å². The number of hydrogen-bond acceptors (Lipinski definition) is 7. The van der Waals surface area contributed by atoms with Gasteiger partial charge in [0, 0.05) is 37.2 Å². The molecule has 1 unspecified atom stereocenters. The van der Waals surface area contributed by atoms with Gasteiger partial charge >= 0.3 is 10.2 Å². The molecule has 0 spiro atoms. The molecule has 0 amide bonds. The normalized spacial score (nSPS) is 12.4. The lowest BCUT2D eigenvalue weighted by molar-refractivity contribution is 0.527. The lowest BCUT2D eigenvalue weighted by Gasteiger charge is -2.23. The van der Waals surface area contributed by atoms with Crippen LogP contribution in [0.2, 0.25) is 5.02 Å². The molecule has 0 saturated carbocycles. The van der Waals surface area contributed by atoms with Gasteiger partial charge in [0.05, 0.1) is 22.1 Å². The van der Waals surface area contributed by atoms with E-state index in [2.05, 4.69) is 20.0 Å². The maximum absolute atomic E-state index is 13.8. The van der Waals surface area contributed by atoms with Crippen LogP contribution in [0.4, 0.5) is 17.5 Å². The van der Waals surface area contributed by atoms with Crippen LogP contribution in [0.15, 0.2) is 89.9 Å². The Hall–Kier alpha value is -4.45. The molecule has 5 aromatic rings. The minimum Gasteiger partial charge on any atom is -0.368 e. The van der Waals surface area contributed by atoms with Crippen molar-refractivity contribution in [2.75, 3.05) is 29.9 Å². The van der Waals surface area contributed by atoms with Crippen LogP contribution in [0.3, 0.4) is 0 Å². The van der Waals surface area contributed by atoms with E-state index in [1.54, 1.807) is 41.1 Å². The number of fused-ring (bicyclic) bond motifs is 1. The van der Waals surface area contributed by atoms with Gasteiger partial charge in [-0.25, -0.2) is 4.98 Å². The molecule has 3 aromatic carbocycles. The topological polar surface area (TPSA) is 135 Å². The summed E-state index contributed by atoms with van der Waals surface area (Å²) in [5.74, 6) is 0.467. The van der Waals surface area contributed by atoms with E-state index in [0.717, 1.165) is 4.31 Å². The third-order valence-electron chi connectivity index (χ3n) is 6.54. The maximum Gasteiger partial charge on any atom is 0.301 e. The summed E-state index contributed by atoms with van der Waals surface area (Å²) in [6.45, 7) is 1.91. The molecule has 0 fully saturated rings. The molecule has 210 valence electrons. The first-order valence-electron chi connectivity index (χ1n) is 12.6. The second-order valence-corrected chi connectivity index (χ2v) is 11.9. The maximum atomic E-state index is 13.8. The van der Waals surface area contributed by atoms with E-state index < -0.39 is 16.3 Å². The number of nitrogens with one attached hydrogen (secondary N) is 2. The average Bonchev–Trinajstić information content (AvgIpc) is 2.93. The SMILES string of the molecule is CC(Nc1nc(N)ncc1-c1cccc(NS(=O)(=O)N(C)C)c1)c1cc2cccc(Cl)c2c(=O)n1-c1ccccc1. The molecule has 0 aliphatic rings. The fourth-order valence-corrected chi connectivity index (χ4v) is 5.36. The summed E-state index contributed by atoms with van der Waals surface area (Å²) in [7, 11) is -0.816. The van der Waals surface area contributed by atoms with Crippen LogP contribution in [0.1, 0.15) is 18.7 Å². The van der Waals surface area contributed by atoms with Gasteiger partial charge in [-0.1, -0.05) is 54.1 Å². The number of nitrogens with zero attached hydrogens (tertiary/aromatic N) is 4. The molecule has 0 bridgehead atoms. The number of halogens is 1. The highest BCUT2D eigenvalue weighted by molar-refractivity contribution is 7.90. The Balaban J connectivity index is 1.60. The van der Waals surface area contributed by atoms with Crippen LogP contribution in [0.5, 0.6) is 0 Å². The van der Waals surface area contributed by atoms with Crippen LogP contribution in [0, 0.1) is 0 Å². The molecule has 41 heavy (non-hydrogen) atoms. The fourth-order valence-electron chi connectivity index (χ4n) is 4.49. The summed E-state index contributed by atoms with van der Waals surface area (Å²) >= 11 is 6.45. The quantitative estimate of drug-likeness (QED) is 0.230. The minimum atomic E-state index is -3.70. The fraction of sp³-hybridized carbons (Fsp3) is 0.138. The minimum absolute atomic E-state index is 0.0543. The number of pyridine rings is 1. The number of nitrogens with two attached hydrogens (primary N) is 1. The van der Waals surface area contributed by atoms with Gasteiger partial charge < -0.3 is 11.1 Å². The molecule has 5 rings (SSSR count). The summed E-state index contributed by atoms with van der Waals surface area (Å²) in [6, 6.07) is 23.0. The molecule has 2 aromatic heterocycles. The summed E-state index contributed by atoms with van der Waals surface area (Å²) in [5.41, 5.74) is 8.71. The highest BCUT2D eigenvalue weighted by Gasteiger charge is 2.20. The van der Waals surface area contributed by atoms with E-state index in [1.165, 1.54) is 14.1 Å². The molecular formula is C29H28ClN7O3S. The summed E-state index contributed by atoms with van der Waals surface area (Å²) in [5, 5.41) is 4.91. The van der Waals surface area contributed by atoms with Crippen LogP contribution in [-0.4, -0.2) is 41.4 Å². The highest BCUT2D eigenvalue weighted by Crippen LogP contribution is 2.32. The van der Waals surface area contributed by atoms with Gasteiger partial charge in [-0.2, -0.15) is 17.7 Å². The van der Waals surface area contributed by atoms with E-state index in [-0.39, 0.29) is 11.5 Å². The van der Waals surface area contributed by atoms with Gasteiger partial charge in [0.2, 0.25) is 5.95 Å². The van der Waals surface area contributed by atoms with Crippen molar-refractivity contribution in [3.63, 3.8) is 0 Å². The third-order valence-corrected chi connectivity index (χ3v) is 8.31. The lowest BCUT2D eigenvalue weighted by atomic mass is 10.1. The molecule has 0 radical (unpaired) electrons. The molecular weight excluding hydrogens is 562 g/mol. The van der Waals surface area contributed by atoms with E-state index in [1.807, 2.05) is 55.5 Å². The predicted molar refractivity (Wildman–Crippen MR) is 165 cm³/mol. The standard InChI is InChI=1S/C29H28ClN7O3S/c1-18(25-16-20-10-8-14-24(30)26(20)28(38)37(25)22-12-5-4-6-13-22)33-27-23(17-32-29(31)34-27)19-9-7-11-21(15-19)35-41(39,40)36(2)3/h4-18,35H,1-3H3,(H3,31,32,33,34). The Bertz CT molecular complexity index is 1910. The molecule has 12 heteroatoms. The second-order valence-electron chi connectivity index (χ2n) is 9.58. The van der Waals surface area contributed by atoms with Crippen molar-refractivity contribution in [2.24, 2.45) is 0 Å². The first-order chi connectivity index (χ1) is 19.5. The number of para-hydroxylation sites is 1.